The highest BCUT2D eigenvalue weighted by Crippen LogP contribution is 2.55. The van der Waals surface area contributed by atoms with Crippen LogP contribution in [0, 0.1) is 71.0 Å². The van der Waals surface area contributed by atoms with E-state index in [0.29, 0.717) is 93.6 Å². The van der Waals surface area contributed by atoms with Gasteiger partial charge in [0.1, 0.15) is 11.5 Å². The second-order valence-electron chi connectivity index (χ2n) is 24.3. The Morgan fingerprint density at radius 1 is 0.485 bits per heavy atom. The maximum atomic E-state index is 15.5. The van der Waals surface area contributed by atoms with Gasteiger partial charge in [-0.3, -0.25) is 22.9 Å². The summed E-state index contributed by atoms with van der Waals surface area (Å²) >= 11 is 0. The third kappa shape index (κ3) is 14.1. The fourth-order valence-electron chi connectivity index (χ4n) is 12.0. The van der Waals surface area contributed by atoms with Crippen LogP contribution in [0.1, 0.15) is 202 Å². The van der Waals surface area contributed by atoms with Crippen molar-refractivity contribution < 1.29 is 31.9 Å². The van der Waals surface area contributed by atoms with Gasteiger partial charge in [-0.2, -0.15) is 0 Å². The van der Waals surface area contributed by atoms with Crippen LogP contribution in [0.5, 0.6) is 11.5 Å². The van der Waals surface area contributed by atoms with Crippen LogP contribution >= 0.6 is 17.2 Å². The number of hydrogen-bond acceptors (Lipinski definition) is 7. The minimum Gasteiger partial charge on any atom is -0.426 e. The molecule has 4 aliphatic carbocycles. The van der Waals surface area contributed by atoms with Crippen molar-refractivity contribution in [2.24, 2.45) is 71.0 Å². The summed E-state index contributed by atoms with van der Waals surface area (Å²) in [6, 6.07) is 13.7. The molecule has 372 valence electrons. The average molecular weight is 951 g/mol. The molecule has 0 bridgehead atoms. The van der Waals surface area contributed by atoms with Gasteiger partial charge in [0.2, 0.25) is 5.78 Å². The van der Waals surface area contributed by atoms with Crippen molar-refractivity contribution in [1.82, 2.24) is 0 Å². The first-order chi connectivity index (χ1) is 31.2. The van der Waals surface area contributed by atoms with Crippen molar-refractivity contribution in [3.05, 3.63) is 59.2 Å². The van der Waals surface area contributed by atoms with E-state index in [1.807, 2.05) is 36.4 Å². The Labute approximate surface area is 405 Å². The van der Waals surface area contributed by atoms with Crippen LogP contribution in [0.15, 0.2) is 42.5 Å². The fraction of sp³-hybridized carbons (Fsp3) is 0.772. The van der Waals surface area contributed by atoms with Crippen molar-refractivity contribution in [3.63, 3.8) is 0 Å². The van der Waals surface area contributed by atoms with E-state index >= 15 is 4.79 Å². The van der Waals surface area contributed by atoms with E-state index in [1.54, 1.807) is 0 Å². The summed E-state index contributed by atoms with van der Waals surface area (Å²) in [6.45, 7) is 34.5. The average Bonchev–Trinajstić information content (AvgIpc) is 3.23. The second kappa shape index (κ2) is 24.0. The lowest BCUT2D eigenvalue weighted by Gasteiger charge is -2.41. The number of benzene rings is 2. The predicted molar refractivity (Wildman–Crippen MR) is 275 cm³/mol. The lowest BCUT2D eigenvalue weighted by molar-refractivity contribution is -0.00321. The Hall–Kier alpha value is -1.59. The van der Waals surface area contributed by atoms with Crippen LogP contribution in [0.3, 0.4) is 0 Å². The maximum Gasteiger partial charge on any atom is 0.397 e. The van der Waals surface area contributed by atoms with Gasteiger partial charge in [0.05, 0.1) is 35.5 Å². The van der Waals surface area contributed by atoms with Crippen molar-refractivity contribution in [2.75, 3.05) is 0 Å². The predicted octanol–water partition coefficient (Wildman–Crippen LogP) is 17.3. The largest absolute Gasteiger partial charge is 0.426 e. The fourth-order valence-corrected chi connectivity index (χ4v) is 14.8. The van der Waals surface area contributed by atoms with Crippen LogP contribution in [0.4, 0.5) is 0 Å². The molecule has 0 N–H and O–H groups in total. The first-order valence-corrected chi connectivity index (χ1v) is 28.8. The molecule has 4 fully saturated rings. The minimum atomic E-state index is -1.89. The molecule has 4 unspecified atom stereocenters. The van der Waals surface area contributed by atoms with Gasteiger partial charge in [-0.1, -0.05) is 154 Å². The molecule has 0 radical (unpaired) electrons. The van der Waals surface area contributed by atoms with Gasteiger partial charge in [0, 0.05) is 5.56 Å². The first-order valence-electron chi connectivity index (χ1n) is 26.6. The van der Waals surface area contributed by atoms with Gasteiger partial charge in [-0.15, -0.1) is 0 Å². The summed E-state index contributed by atoms with van der Waals surface area (Å²) < 4.78 is 43.2. The summed E-state index contributed by atoms with van der Waals surface area (Å²) in [5.74, 6) is 6.69. The molecule has 6 rings (SSSR count). The number of para-hydroxylation sites is 2. The minimum absolute atomic E-state index is 0.0117. The molecule has 7 nitrogen and oxygen atoms in total. The van der Waals surface area contributed by atoms with Crippen molar-refractivity contribution >= 4 is 23.0 Å². The van der Waals surface area contributed by atoms with Crippen molar-refractivity contribution in [2.45, 2.75) is 211 Å². The quantitative estimate of drug-likeness (QED) is 0.109. The number of rotatable bonds is 18. The van der Waals surface area contributed by atoms with E-state index in [0.717, 1.165) is 56.9 Å². The third-order valence-corrected chi connectivity index (χ3v) is 18.7. The molecule has 2 aromatic rings. The lowest BCUT2D eigenvalue weighted by Crippen LogP contribution is -2.36. The zero-order valence-electron chi connectivity index (χ0n) is 44.0. The Kier molecular flexibility index (Phi) is 19.6. The Morgan fingerprint density at radius 2 is 0.833 bits per heavy atom. The molecular weight excluding hydrogens is 859 g/mol. The van der Waals surface area contributed by atoms with E-state index in [2.05, 4.69) is 110 Å². The standard InChI is InChI=1S/C57H92O7P2/c1-35(2)43-27-23-39(9)31-51(43)60-65(61-52-32-40(10)24-28-44(52)36(3)4)59-50-22-17-16-19-47(50)55(58)48-20-18-21-49(57(13,14)15)56(48)64-66(62-53-33-41(11)25-29-45(53)37(5)6)63-54-34-42(12)26-30-46(54)38(7)8/h16-22,35-46,51-54H,23-34H2,1-15H3/t39-,40-,41-,42-,43+,44?,45+,46?,51-,52-,53-,54-,65?,66?/m1/s1. The van der Waals surface area contributed by atoms with Crippen LogP contribution in [0.25, 0.3) is 0 Å². The van der Waals surface area contributed by atoms with Crippen LogP contribution in [-0.4, -0.2) is 30.2 Å². The van der Waals surface area contributed by atoms with E-state index in [4.69, 9.17) is 27.1 Å². The topological polar surface area (TPSA) is 72.5 Å². The highest BCUT2D eigenvalue weighted by Gasteiger charge is 2.42. The van der Waals surface area contributed by atoms with Gasteiger partial charge in [-0.05, 0) is 146 Å². The van der Waals surface area contributed by atoms with Gasteiger partial charge in [0.25, 0.3) is 0 Å². The van der Waals surface area contributed by atoms with E-state index in [9.17, 15) is 0 Å². The molecule has 4 aliphatic rings. The molecule has 0 heterocycles. The van der Waals surface area contributed by atoms with E-state index in [-0.39, 0.29) is 35.6 Å². The number of carbonyl (C=O) groups excluding carboxylic acids is 1. The number of hydrogen-bond donors (Lipinski definition) is 0. The van der Waals surface area contributed by atoms with Crippen molar-refractivity contribution in [1.29, 1.82) is 0 Å². The summed E-state index contributed by atoms with van der Waals surface area (Å²) in [5.41, 5.74) is 1.57. The van der Waals surface area contributed by atoms with Crippen LogP contribution in [0.2, 0.25) is 0 Å². The molecule has 0 saturated heterocycles. The van der Waals surface area contributed by atoms with E-state index in [1.165, 1.54) is 25.7 Å². The van der Waals surface area contributed by atoms with Crippen molar-refractivity contribution in [3.8, 4) is 11.5 Å². The summed E-state index contributed by atoms with van der Waals surface area (Å²) in [5, 5.41) is 0. The molecule has 2 aromatic carbocycles. The maximum absolute atomic E-state index is 15.5. The molecule has 0 amide bonds. The summed E-state index contributed by atoms with van der Waals surface area (Å²) in [7, 11) is -3.73. The molecule has 0 aromatic heterocycles. The third-order valence-electron chi connectivity index (χ3n) is 16.3. The molecule has 0 aliphatic heterocycles. The van der Waals surface area contributed by atoms with Gasteiger partial charge in [-0.25, -0.2) is 0 Å². The first kappa shape index (κ1) is 53.8. The molecule has 0 spiro atoms. The summed E-state index contributed by atoms with van der Waals surface area (Å²) in [4.78, 5) is 15.5. The van der Waals surface area contributed by atoms with E-state index < -0.39 is 17.2 Å². The van der Waals surface area contributed by atoms with Gasteiger partial charge < -0.3 is 9.05 Å². The molecule has 66 heavy (non-hydrogen) atoms. The molecular formula is C57H92O7P2. The molecule has 9 heteroatoms. The molecule has 14 atom stereocenters. The van der Waals surface area contributed by atoms with Gasteiger partial charge in [0.15, 0.2) is 0 Å². The van der Waals surface area contributed by atoms with Gasteiger partial charge >= 0.3 is 17.2 Å². The SMILES string of the molecule is CC(C)C1CC[C@@H](C)C[C@H]1OP(Oc1ccccc1C(=O)c1cccc(C(C)(C)C)c1OP(O[C@@H]1C[C@H](C)CCC1C(C)C)O[C@@H]1C[C@H](C)CC[C@H]1C(C)C)O[C@@H]1C[C@H](C)CC[C@H]1C(C)C. The highest BCUT2D eigenvalue weighted by atomic mass is 31.2. The van der Waals surface area contributed by atoms with Crippen LogP contribution in [-0.2, 0) is 23.5 Å². The monoisotopic (exact) mass is 951 g/mol. The molecule has 4 saturated carbocycles. The zero-order chi connectivity index (χ0) is 48.0. The summed E-state index contributed by atoms with van der Waals surface area (Å²) in [6.07, 6.45) is 13.3. The number of ketones is 1. The Balaban J connectivity index is 1.39. The lowest BCUT2D eigenvalue weighted by atomic mass is 9.75. The second-order valence-corrected chi connectivity index (χ2v) is 26.4. The number of carbonyl (C=O) groups is 1. The Morgan fingerprint density at radius 3 is 1.20 bits per heavy atom. The highest BCUT2D eigenvalue weighted by molar-refractivity contribution is 7.42. The smallest absolute Gasteiger partial charge is 0.397 e. The zero-order valence-corrected chi connectivity index (χ0v) is 45.8. The Bertz CT molecular complexity index is 1760. The normalized spacial score (nSPS) is 32.2. The van der Waals surface area contributed by atoms with Crippen LogP contribution < -0.4 is 9.05 Å².